The van der Waals surface area contributed by atoms with Gasteiger partial charge in [-0.05, 0) is 50.8 Å². The molecule has 3 atom stereocenters. The third-order valence-electron chi connectivity index (χ3n) is 6.25. The van der Waals surface area contributed by atoms with E-state index in [9.17, 15) is 19.5 Å². The average molecular weight is 513 g/mol. The first-order valence-corrected chi connectivity index (χ1v) is 13.2. The summed E-state index contributed by atoms with van der Waals surface area (Å²) in [5.41, 5.74) is 11.6. The summed E-state index contributed by atoms with van der Waals surface area (Å²) < 4.78 is 0. The van der Waals surface area contributed by atoms with Gasteiger partial charge in [-0.1, -0.05) is 49.4 Å². The lowest BCUT2D eigenvalue weighted by atomic mass is 9.81. The van der Waals surface area contributed by atoms with Crippen molar-refractivity contribution in [3.05, 3.63) is 65.2 Å². The molecule has 0 unspecified atom stereocenters. The number of carbonyl (C=O) groups is 3. The predicted molar refractivity (Wildman–Crippen MR) is 143 cm³/mol. The molecule has 194 valence electrons. The Kier molecular flexibility index (Phi) is 8.48. The van der Waals surface area contributed by atoms with Crippen LogP contribution in [0.25, 0.3) is 0 Å². The van der Waals surface area contributed by atoms with Gasteiger partial charge in [0.25, 0.3) is 5.91 Å². The molecule has 8 nitrogen and oxygen atoms in total. The third kappa shape index (κ3) is 6.08. The molecule has 3 rings (SSSR count). The Morgan fingerprint density at radius 1 is 1.14 bits per heavy atom. The van der Waals surface area contributed by atoms with Crippen LogP contribution < -0.4 is 16.8 Å². The van der Waals surface area contributed by atoms with Crippen LogP contribution >= 0.6 is 11.8 Å². The molecule has 0 aromatic heterocycles. The Hall–Kier alpha value is -2.88. The molecule has 2 amide bonds. The van der Waals surface area contributed by atoms with E-state index in [1.165, 1.54) is 16.7 Å². The van der Waals surface area contributed by atoms with Crippen molar-refractivity contribution >= 4 is 35.0 Å². The van der Waals surface area contributed by atoms with Gasteiger partial charge >= 0.3 is 0 Å². The van der Waals surface area contributed by atoms with E-state index in [-0.39, 0.29) is 18.2 Å². The Balaban J connectivity index is 2.00. The Morgan fingerprint density at radius 3 is 2.42 bits per heavy atom. The number of amides is 2. The quantitative estimate of drug-likeness (QED) is 0.242. The van der Waals surface area contributed by atoms with E-state index >= 15 is 0 Å². The molecule has 0 bridgehead atoms. The lowest BCUT2D eigenvalue weighted by Crippen LogP contribution is -2.64. The number of Topliss-reactive ketones (excluding diaryl/α,β-unsaturated/α-hetero) is 1. The fraction of sp³-hybridized carbons (Fsp3) is 0.444. The summed E-state index contributed by atoms with van der Waals surface area (Å²) in [4.78, 5) is 41.8. The number of rotatable bonds is 8. The summed E-state index contributed by atoms with van der Waals surface area (Å²) in [6.07, 6.45) is 0.538. The zero-order valence-corrected chi connectivity index (χ0v) is 22.1. The first kappa shape index (κ1) is 27.7. The molecular formula is C27H36N4O4S. The standard InChI is InChI=1S/C27H36N4O4S/c1-5-18-19(12-9-13-21(18)28)23(32)20(14-17-10-7-6-8-11-17)27(29,35)25(34)31-16-36-15-22(31)24(33)30-26(2,3)4/h6-13,20,22,35H,5,14-16,28-29H2,1-4H3,(H,30,33)/t20-,22+,27+/m1/s1. The van der Waals surface area contributed by atoms with Gasteiger partial charge in [-0.3, -0.25) is 20.1 Å². The van der Waals surface area contributed by atoms with Crippen molar-refractivity contribution in [2.24, 2.45) is 11.7 Å². The van der Waals surface area contributed by atoms with Crippen LogP contribution in [-0.2, 0) is 22.4 Å². The molecule has 6 N–H and O–H groups in total. The first-order chi connectivity index (χ1) is 16.9. The van der Waals surface area contributed by atoms with Crippen molar-refractivity contribution in [1.29, 1.82) is 0 Å². The average Bonchev–Trinajstić information content (AvgIpc) is 3.31. The number of aliphatic hydroxyl groups is 1. The molecule has 0 aliphatic carbocycles. The van der Waals surface area contributed by atoms with Crippen LogP contribution in [-0.4, -0.2) is 56.5 Å². The summed E-state index contributed by atoms with van der Waals surface area (Å²) in [6.45, 7) is 7.44. The number of nitrogen functional groups attached to an aromatic ring is 1. The van der Waals surface area contributed by atoms with E-state index in [0.29, 0.717) is 29.0 Å². The highest BCUT2D eigenvalue weighted by molar-refractivity contribution is 7.99. The van der Waals surface area contributed by atoms with Crippen LogP contribution in [0.15, 0.2) is 48.5 Å². The van der Waals surface area contributed by atoms with E-state index in [4.69, 9.17) is 11.5 Å². The highest BCUT2D eigenvalue weighted by atomic mass is 32.2. The Bertz CT molecular complexity index is 1110. The highest BCUT2D eigenvalue weighted by Crippen LogP contribution is 2.31. The summed E-state index contributed by atoms with van der Waals surface area (Å²) in [6, 6.07) is 13.3. The van der Waals surface area contributed by atoms with Crippen LogP contribution in [0.5, 0.6) is 0 Å². The minimum atomic E-state index is -2.55. The van der Waals surface area contributed by atoms with Crippen LogP contribution in [0.4, 0.5) is 5.69 Å². The van der Waals surface area contributed by atoms with E-state index < -0.39 is 34.9 Å². The summed E-state index contributed by atoms with van der Waals surface area (Å²) in [5, 5.41) is 14.4. The second-order valence-corrected chi connectivity index (χ2v) is 11.2. The normalized spacial score (nSPS) is 18.4. The van der Waals surface area contributed by atoms with Crippen molar-refractivity contribution in [3.63, 3.8) is 0 Å². The number of hydrogen-bond acceptors (Lipinski definition) is 7. The minimum absolute atomic E-state index is 0.0379. The van der Waals surface area contributed by atoms with Gasteiger partial charge in [0.1, 0.15) is 6.04 Å². The van der Waals surface area contributed by atoms with E-state index in [0.717, 1.165) is 5.56 Å². The smallest absolute Gasteiger partial charge is 0.271 e. The van der Waals surface area contributed by atoms with Crippen molar-refractivity contribution < 1.29 is 19.5 Å². The molecule has 2 aromatic carbocycles. The van der Waals surface area contributed by atoms with Gasteiger partial charge in [0.2, 0.25) is 11.6 Å². The third-order valence-corrected chi connectivity index (χ3v) is 7.26. The molecule has 0 radical (unpaired) electrons. The Morgan fingerprint density at radius 2 is 1.81 bits per heavy atom. The second kappa shape index (κ2) is 11.0. The number of nitrogens with two attached hydrogens (primary N) is 2. The number of ketones is 1. The molecule has 2 aromatic rings. The largest absolute Gasteiger partial charge is 0.398 e. The molecule has 0 spiro atoms. The molecule has 36 heavy (non-hydrogen) atoms. The van der Waals surface area contributed by atoms with Crippen molar-refractivity contribution in [1.82, 2.24) is 10.2 Å². The molecule has 1 heterocycles. The minimum Gasteiger partial charge on any atom is -0.398 e. The lowest BCUT2D eigenvalue weighted by Gasteiger charge is -2.36. The highest BCUT2D eigenvalue weighted by Gasteiger charge is 2.50. The van der Waals surface area contributed by atoms with E-state index in [1.54, 1.807) is 18.2 Å². The van der Waals surface area contributed by atoms with E-state index in [1.807, 2.05) is 58.0 Å². The first-order valence-electron chi connectivity index (χ1n) is 12.0. The number of hydrogen-bond donors (Lipinski definition) is 4. The van der Waals surface area contributed by atoms with Gasteiger partial charge < -0.3 is 21.1 Å². The second-order valence-electron chi connectivity index (χ2n) is 10.2. The van der Waals surface area contributed by atoms with E-state index in [2.05, 4.69) is 5.32 Å². The molecule has 9 heteroatoms. The predicted octanol–water partition coefficient (Wildman–Crippen LogP) is 2.34. The lowest BCUT2D eigenvalue weighted by molar-refractivity contribution is -0.158. The topological polar surface area (TPSA) is 139 Å². The number of nitrogens with one attached hydrogen (secondary N) is 1. The van der Waals surface area contributed by atoms with Crippen molar-refractivity contribution in [2.75, 3.05) is 17.4 Å². The number of anilines is 1. The fourth-order valence-corrected chi connectivity index (χ4v) is 5.56. The molecule has 1 fully saturated rings. The maximum Gasteiger partial charge on any atom is 0.271 e. The van der Waals surface area contributed by atoms with Crippen LogP contribution in [0.1, 0.15) is 49.2 Å². The van der Waals surface area contributed by atoms with Gasteiger partial charge in [0.05, 0.1) is 11.8 Å². The maximum atomic E-state index is 13.9. The number of nitrogens with zero attached hydrogens (tertiary/aromatic N) is 1. The maximum absolute atomic E-state index is 13.9. The molecule has 1 aliphatic rings. The zero-order valence-electron chi connectivity index (χ0n) is 21.3. The van der Waals surface area contributed by atoms with Gasteiger partial charge in [-0.25, -0.2) is 0 Å². The monoisotopic (exact) mass is 512 g/mol. The molecular weight excluding hydrogens is 476 g/mol. The molecule has 0 saturated carbocycles. The summed E-state index contributed by atoms with van der Waals surface area (Å²) in [7, 11) is 0. The fourth-order valence-electron chi connectivity index (χ4n) is 4.41. The SMILES string of the molecule is CCc1c(N)cccc1C(=O)[C@@H](Cc1ccccc1)[C@](N)(O)C(=O)N1CSC[C@H]1C(=O)NC(C)(C)C. The van der Waals surface area contributed by atoms with Crippen molar-refractivity contribution in [2.45, 2.75) is 57.8 Å². The summed E-state index contributed by atoms with van der Waals surface area (Å²) >= 11 is 1.39. The van der Waals surface area contributed by atoms with Crippen LogP contribution in [0.2, 0.25) is 0 Å². The van der Waals surface area contributed by atoms with Crippen molar-refractivity contribution in [3.8, 4) is 0 Å². The number of benzene rings is 2. The number of carbonyl (C=O) groups excluding carboxylic acids is 3. The zero-order chi connectivity index (χ0) is 26.7. The summed E-state index contributed by atoms with van der Waals surface area (Å²) in [5.74, 6) is -2.38. The van der Waals surface area contributed by atoms with Gasteiger partial charge in [0.15, 0.2) is 5.78 Å². The van der Waals surface area contributed by atoms with Crippen LogP contribution in [0.3, 0.4) is 0 Å². The molecule has 1 aliphatic heterocycles. The van der Waals surface area contributed by atoms with Gasteiger partial charge in [-0.15, -0.1) is 11.8 Å². The van der Waals surface area contributed by atoms with Gasteiger partial charge in [0, 0.05) is 22.5 Å². The van der Waals surface area contributed by atoms with Crippen LogP contribution in [0, 0.1) is 5.92 Å². The Labute approximate surface area is 216 Å². The molecule has 1 saturated heterocycles. The van der Waals surface area contributed by atoms with Gasteiger partial charge in [-0.2, -0.15) is 0 Å². The number of thioether (sulfide) groups is 1.